The molecule has 1 amide bonds. The summed E-state index contributed by atoms with van der Waals surface area (Å²) in [5, 5.41) is 16.3. The summed E-state index contributed by atoms with van der Waals surface area (Å²) in [5.41, 5.74) is 7.69. The maximum absolute atomic E-state index is 11.8. The van der Waals surface area contributed by atoms with Crippen molar-refractivity contribution < 1.29 is 9.90 Å². The zero-order chi connectivity index (χ0) is 22.0. The van der Waals surface area contributed by atoms with Crippen LogP contribution in [-0.2, 0) is 10.4 Å². The van der Waals surface area contributed by atoms with Crippen molar-refractivity contribution in [3.8, 4) is 11.1 Å². The molecule has 0 saturated heterocycles. The van der Waals surface area contributed by atoms with Gasteiger partial charge in [-0.05, 0) is 40.5 Å². The highest BCUT2D eigenvalue weighted by Crippen LogP contribution is 2.35. The second-order valence-electron chi connectivity index (χ2n) is 7.14. The summed E-state index contributed by atoms with van der Waals surface area (Å²) in [5.74, 6) is -0.356. The van der Waals surface area contributed by atoms with Crippen LogP contribution in [0.15, 0.2) is 67.0 Å². The zero-order valence-electron chi connectivity index (χ0n) is 16.4. The Hall–Kier alpha value is -2.90. The Kier molecular flexibility index (Phi) is 5.98. The number of carbonyl (C=O) groups is 1. The first kappa shape index (κ1) is 21.3. The minimum Gasteiger partial charge on any atom is -0.379 e. The highest BCUT2D eigenvalue weighted by atomic mass is 35.5. The Labute approximate surface area is 189 Å². The number of pyridine rings is 1. The molecule has 0 aliphatic rings. The molecule has 1 unspecified atom stereocenters. The predicted molar refractivity (Wildman–Crippen MR) is 123 cm³/mol. The Morgan fingerprint density at radius 3 is 2.35 bits per heavy atom. The molecule has 0 saturated carbocycles. The van der Waals surface area contributed by atoms with Gasteiger partial charge in [0.1, 0.15) is 11.2 Å². The summed E-state index contributed by atoms with van der Waals surface area (Å²) in [6, 6.07) is 16.2. The van der Waals surface area contributed by atoms with Crippen molar-refractivity contribution >= 4 is 40.1 Å². The van der Waals surface area contributed by atoms with Gasteiger partial charge >= 0.3 is 0 Å². The lowest BCUT2D eigenvalue weighted by atomic mass is 9.85. The zero-order valence-corrected chi connectivity index (χ0v) is 17.9. The van der Waals surface area contributed by atoms with Crippen molar-refractivity contribution in [2.75, 3.05) is 13.1 Å². The third kappa shape index (κ3) is 4.16. The van der Waals surface area contributed by atoms with Gasteiger partial charge in [0.15, 0.2) is 0 Å². The number of aliphatic hydroxyl groups is 1. The normalized spacial score (nSPS) is 13.2. The summed E-state index contributed by atoms with van der Waals surface area (Å²) in [4.78, 5) is 19.1. The summed E-state index contributed by atoms with van der Waals surface area (Å²) >= 11 is 12.3. The van der Waals surface area contributed by atoms with Crippen LogP contribution in [0.25, 0.3) is 22.2 Å². The Morgan fingerprint density at radius 2 is 1.71 bits per heavy atom. The van der Waals surface area contributed by atoms with Crippen LogP contribution in [-0.4, -0.2) is 34.1 Å². The summed E-state index contributed by atoms with van der Waals surface area (Å²) in [7, 11) is 0. The second-order valence-corrected chi connectivity index (χ2v) is 7.99. The number of fused-ring (bicyclic) bond motifs is 1. The number of hydrogen-bond donors (Lipinski definition) is 4. The Bertz CT molecular complexity index is 1220. The van der Waals surface area contributed by atoms with E-state index in [0.717, 1.165) is 16.5 Å². The molecule has 4 rings (SSSR count). The fourth-order valence-corrected chi connectivity index (χ4v) is 3.95. The molecule has 158 valence electrons. The molecule has 0 radical (unpaired) electrons. The van der Waals surface area contributed by atoms with Crippen LogP contribution >= 0.6 is 23.2 Å². The molecule has 6 nitrogen and oxygen atoms in total. The van der Waals surface area contributed by atoms with Gasteiger partial charge in [-0.1, -0.05) is 59.6 Å². The number of amides is 1. The average Bonchev–Trinajstić information content (AvgIpc) is 3.19. The SMILES string of the molecule is NCC(=O)NCC(O)(c1ccc(Cl)cc1)c1ccc(-c2ccnc3[nH]cc(Cl)c23)cc1. The predicted octanol–water partition coefficient (Wildman–Crippen LogP) is 3.85. The molecular weight excluding hydrogens is 435 g/mol. The van der Waals surface area contributed by atoms with Crippen molar-refractivity contribution in [1.82, 2.24) is 15.3 Å². The van der Waals surface area contributed by atoms with E-state index in [1.807, 2.05) is 30.3 Å². The number of nitrogens with two attached hydrogens (primary N) is 1. The van der Waals surface area contributed by atoms with Gasteiger partial charge in [-0.15, -0.1) is 0 Å². The molecule has 2 heterocycles. The van der Waals surface area contributed by atoms with Crippen LogP contribution < -0.4 is 11.1 Å². The van der Waals surface area contributed by atoms with Gasteiger partial charge in [-0.2, -0.15) is 0 Å². The van der Waals surface area contributed by atoms with Gasteiger partial charge in [-0.25, -0.2) is 4.98 Å². The first-order valence-corrected chi connectivity index (χ1v) is 10.4. The van der Waals surface area contributed by atoms with Crippen molar-refractivity contribution in [3.05, 3.63) is 88.2 Å². The van der Waals surface area contributed by atoms with E-state index in [2.05, 4.69) is 15.3 Å². The molecule has 0 aliphatic heterocycles. The first-order valence-electron chi connectivity index (χ1n) is 9.60. The number of hydrogen-bond acceptors (Lipinski definition) is 4. The largest absolute Gasteiger partial charge is 0.379 e. The molecule has 2 aromatic heterocycles. The number of carbonyl (C=O) groups excluding carboxylic acids is 1. The lowest BCUT2D eigenvalue weighted by molar-refractivity contribution is -0.120. The maximum Gasteiger partial charge on any atom is 0.233 e. The molecule has 8 heteroatoms. The molecule has 0 fully saturated rings. The maximum atomic E-state index is 11.8. The van der Waals surface area contributed by atoms with E-state index < -0.39 is 5.60 Å². The Balaban J connectivity index is 1.74. The highest BCUT2D eigenvalue weighted by molar-refractivity contribution is 6.36. The van der Waals surface area contributed by atoms with Gasteiger partial charge in [0.2, 0.25) is 5.91 Å². The smallest absolute Gasteiger partial charge is 0.233 e. The van der Waals surface area contributed by atoms with Crippen LogP contribution in [0, 0.1) is 0 Å². The molecule has 4 aromatic rings. The highest BCUT2D eigenvalue weighted by Gasteiger charge is 2.32. The van der Waals surface area contributed by atoms with Gasteiger partial charge in [-0.3, -0.25) is 4.79 Å². The van der Waals surface area contributed by atoms with Gasteiger partial charge in [0.25, 0.3) is 0 Å². The minimum atomic E-state index is -1.47. The fraction of sp³-hybridized carbons (Fsp3) is 0.130. The van der Waals surface area contributed by atoms with E-state index >= 15 is 0 Å². The average molecular weight is 455 g/mol. The molecule has 5 N–H and O–H groups in total. The second kappa shape index (κ2) is 8.69. The number of benzene rings is 2. The van der Waals surface area contributed by atoms with Crippen molar-refractivity contribution in [1.29, 1.82) is 0 Å². The van der Waals surface area contributed by atoms with Crippen molar-refractivity contribution in [2.24, 2.45) is 5.73 Å². The summed E-state index contributed by atoms with van der Waals surface area (Å²) in [6.45, 7) is -0.196. The number of H-pyrrole nitrogens is 1. The van der Waals surface area contributed by atoms with Crippen molar-refractivity contribution in [3.63, 3.8) is 0 Å². The number of aromatic nitrogens is 2. The van der Waals surface area contributed by atoms with E-state index in [4.69, 9.17) is 28.9 Å². The van der Waals surface area contributed by atoms with E-state index in [0.29, 0.717) is 26.8 Å². The molecule has 31 heavy (non-hydrogen) atoms. The molecule has 0 aliphatic carbocycles. The van der Waals surface area contributed by atoms with E-state index in [9.17, 15) is 9.90 Å². The Morgan fingerprint density at radius 1 is 1.06 bits per heavy atom. The lowest BCUT2D eigenvalue weighted by Crippen LogP contribution is -2.43. The van der Waals surface area contributed by atoms with Crippen LogP contribution in [0.2, 0.25) is 10.0 Å². The van der Waals surface area contributed by atoms with Crippen molar-refractivity contribution in [2.45, 2.75) is 5.60 Å². The van der Waals surface area contributed by atoms with Crippen LogP contribution in [0.5, 0.6) is 0 Å². The van der Waals surface area contributed by atoms with Crippen LogP contribution in [0.1, 0.15) is 11.1 Å². The van der Waals surface area contributed by atoms with Gasteiger partial charge in [0.05, 0.1) is 18.1 Å². The fourth-order valence-electron chi connectivity index (χ4n) is 3.58. The summed E-state index contributed by atoms with van der Waals surface area (Å²) in [6.07, 6.45) is 3.42. The van der Waals surface area contributed by atoms with E-state index in [1.165, 1.54) is 0 Å². The third-order valence-electron chi connectivity index (χ3n) is 5.25. The van der Waals surface area contributed by atoms with Crippen LogP contribution in [0.3, 0.4) is 0 Å². The van der Waals surface area contributed by atoms with Gasteiger partial charge in [0, 0.05) is 22.8 Å². The quantitative estimate of drug-likeness (QED) is 0.355. The molecule has 0 bridgehead atoms. The first-order chi connectivity index (χ1) is 14.9. The monoisotopic (exact) mass is 454 g/mol. The van der Waals surface area contributed by atoms with Gasteiger partial charge < -0.3 is 21.1 Å². The van der Waals surface area contributed by atoms with Crippen LogP contribution in [0.4, 0.5) is 0 Å². The number of rotatable bonds is 6. The van der Waals surface area contributed by atoms with E-state index in [-0.39, 0.29) is 19.0 Å². The minimum absolute atomic E-state index is 0.0346. The molecular formula is C23H20Cl2N4O2. The number of aromatic amines is 1. The topological polar surface area (TPSA) is 104 Å². The number of nitrogens with one attached hydrogen (secondary N) is 2. The molecule has 2 aromatic carbocycles. The number of nitrogens with zero attached hydrogens (tertiary/aromatic N) is 1. The molecule has 1 atom stereocenters. The number of halogens is 2. The summed E-state index contributed by atoms with van der Waals surface area (Å²) < 4.78 is 0. The lowest BCUT2D eigenvalue weighted by Gasteiger charge is -2.30. The van der Waals surface area contributed by atoms with E-state index in [1.54, 1.807) is 36.7 Å². The molecule has 0 spiro atoms. The third-order valence-corrected chi connectivity index (χ3v) is 5.80. The standard InChI is InChI=1S/C23H20Cl2N4O2/c24-17-7-5-16(6-8-17)23(31,13-29-20(30)11-26)15-3-1-14(2-4-15)18-9-10-27-22-21(18)19(25)12-28-22/h1-10,12,31H,11,13,26H2,(H,27,28)(H,29,30).